The van der Waals surface area contributed by atoms with Crippen molar-refractivity contribution < 1.29 is 5.11 Å². The third kappa shape index (κ3) is 3.38. The predicted octanol–water partition coefficient (Wildman–Crippen LogP) is 5.52. The predicted molar refractivity (Wildman–Crippen MR) is 133 cm³/mol. The van der Waals surface area contributed by atoms with Crippen LogP contribution in [0, 0.1) is 52.3 Å². The molecule has 5 fully saturated rings. The van der Waals surface area contributed by atoms with E-state index in [0.717, 1.165) is 35.5 Å². The van der Waals surface area contributed by atoms with Crippen LogP contribution in [-0.4, -0.2) is 60.3 Å². The van der Waals surface area contributed by atoms with Crippen molar-refractivity contribution in [2.45, 2.75) is 104 Å². The van der Waals surface area contributed by atoms with Gasteiger partial charge in [0.05, 0.1) is 6.10 Å². The van der Waals surface area contributed by atoms with Crippen molar-refractivity contribution in [1.82, 2.24) is 9.80 Å². The van der Waals surface area contributed by atoms with E-state index in [4.69, 9.17) is 0 Å². The highest BCUT2D eigenvalue weighted by molar-refractivity contribution is 5.12. The van der Waals surface area contributed by atoms with Crippen LogP contribution in [0.1, 0.15) is 86.0 Å². The summed E-state index contributed by atoms with van der Waals surface area (Å²) < 4.78 is 0. The standard InChI is InChI=1S/C29H52N2O/c1-18(2)20-16-31(17-20)26-13-15-29(5)24-12-14-28(4)22(19(3)30(6)7)10-11-23(28)21(24)8-9-25(29)27(26)32/h18-27,32H,8-17H2,1-7H3. The minimum atomic E-state index is -0.0961. The maximum Gasteiger partial charge on any atom is 0.0728 e. The molecule has 1 heterocycles. The number of aliphatic hydroxyl groups excluding tert-OH is 1. The number of rotatable bonds is 4. The zero-order chi connectivity index (χ0) is 23.0. The lowest BCUT2D eigenvalue weighted by Gasteiger charge is -2.63. The second kappa shape index (κ2) is 8.23. The molecule has 1 aliphatic heterocycles. The van der Waals surface area contributed by atoms with Gasteiger partial charge in [-0.05, 0) is 125 Å². The summed E-state index contributed by atoms with van der Waals surface area (Å²) in [7, 11) is 4.56. The van der Waals surface area contributed by atoms with Crippen LogP contribution < -0.4 is 0 Å². The van der Waals surface area contributed by atoms with Crippen molar-refractivity contribution in [2.24, 2.45) is 52.3 Å². The summed E-state index contributed by atoms with van der Waals surface area (Å²) in [4.78, 5) is 5.11. The van der Waals surface area contributed by atoms with Crippen LogP contribution in [-0.2, 0) is 0 Å². The number of hydrogen-bond acceptors (Lipinski definition) is 3. The molecule has 0 amide bonds. The largest absolute Gasteiger partial charge is 0.391 e. The van der Waals surface area contributed by atoms with Gasteiger partial charge in [-0.25, -0.2) is 0 Å². The molecule has 184 valence electrons. The first-order chi connectivity index (χ1) is 15.1. The second-order valence-corrected chi connectivity index (χ2v) is 14.1. The molecule has 10 unspecified atom stereocenters. The van der Waals surface area contributed by atoms with E-state index < -0.39 is 0 Å². The Morgan fingerprint density at radius 3 is 2.09 bits per heavy atom. The molecule has 10 atom stereocenters. The maximum absolute atomic E-state index is 11.6. The van der Waals surface area contributed by atoms with Crippen LogP contribution in [0.4, 0.5) is 0 Å². The number of hydrogen-bond donors (Lipinski definition) is 1. The quantitative estimate of drug-likeness (QED) is 0.618. The Balaban J connectivity index is 1.31. The molecule has 4 saturated carbocycles. The van der Waals surface area contributed by atoms with E-state index in [0.29, 0.717) is 28.8 Å². The van der Waals surface area contributed by atoms with Gasteiger partial charge in [0.15, 0.2) is 0 Å². The van der Waals surface area contributed by atoms with Gasteiger partial charge in [-0.3, -0.25) is 4.90 Å². The first-order valence-corrected chi connectivity index (χ1v) is 14.2. The summed E-state index contributed by atoms with van der Waals surface area (Å²) in [6.45, 7) is 14.9. The number of nitrogens with zero attached hydrogens (tertiary/aromatic N) is 2. The Morgan fingerprint density at radius 2 is 1.44 bits per heavy atom. The molecule has 0 spiro atoms. The van der Waals surface area contributed by atoms with E-state index in [9.17, 15) is 5.11 Å². The fourth-order valence-corrected chi connectivity index (χ4v) is 10.1. The molecule has 5 aliphatic rings. The number of aliphatic hydroxyl groups is 1. The molecule has 1 saturated heterocycles. The van der Waals surface area contributed by atoms with Gasteiger partial charge in [0.2, 0.25) is 0 Å². The van der Waals surface area contributed by atoms with Crippen LogP contribution in [0.2, 0.25) is 0 Å². The van der Waals surface area contributed by atoms with Gasteiger partial charge in [-0.15, -0.1) is 0 Å². The average Bonchev–Trinajstić information content (AvgIpc) is 3.04. The first-order valence-electron chi connectivity index (χ1n) is 14.2. The molecule has 32 heavy (non-hydrogen) atoms. The zero-order valence-electron chi connectivity index (χ0n) is 22.2. The molecule has 3 nitrogen and oxygen atoms in total. The lowest BCUT2D eigenvalue weighted by molar-refractivity contribution is -0.174. The highest BCUT2D eigenvalue weighted by Gasteiger charge is 2.62. The van der Waals surface area contributed by atoms with Crippen LogP contribution in [0.25, 0.3) is 0 Å². The van der Waals surface area contributed by atoms with Gasteiger partial charge in [0, 0.05) is 25.2 Å². The van der Waals surface area contributed by atoms with Crippen LogP contribution in [0.3, 0.4) is 0 Å². The Bertz CT molecular complexity index is 687. The summed E-state index contributed by atoms with van der Waals surface area (Å²) in [5.41, 5.74) is 0.904. The zero-order valence-corrected chi connectivity index (χ0v) is 22.2. The molecule has 1 N–H and O–H groups in total. The molecule has 0 bridgehead atoms. The molecule has 3 heteroatoms. The highest BCUT2D eigenvalue weighted by atomic mass is 16.3. The van der Waals surface area contributed by atoms with Crippen molar-refractivity contribution >= 4 is 0 Å². The molecular formula is C29H52N2O. The minimum Gasteiger partial charge on any atom is -0.391 e. The van der Waals surface area contributed by atoms with E-state index in [1.54, 1.807) is 0 Å². The fraction of sp³-hybridized carbons (Fsp3) is 1.00. The van der Waals surface area contributed by atoms with Crippen molar-refractivity contribution in [3.05, 3.63) is 0 Å². The lowest BCUT2D eigenvalue weighted by atomic mass is 9.44. The number of likely N-dealkylation sites (tertiary alicyclic amines) is 1. The van der Waals surface area contributed by atoms with Gasteiger partial charge in [-0.1, -0.05) is 27.7 Å². The third-order valence-corrected chi connectivity index (χ3v) is 12.5. The van der Waals surface area contributed by atoms with E-state index in [2.05, 4.69) is 58.5 Å². The second-order valence-electron chi connectivity index (χ2n) is 14.1. The van der Waals surface area contributed by atoms with Crippen molar-refractivity contribution in [3.8, 4) is 0 Å². The van der Waals surface area contributed by atoms with E-state index in [1.165, 1.54) is 64.5 Å². The first kappa shape index (κ1) is 23.6. The summed E-state index contributed by atoms with van der Waals surface area (Å²) in [6, 6.07) is 1.13. The van der Waals surface area contributed by atoms with E-state index in [1.807, 2.05) is 0 Å². The van der Waals surface area contributed by atoms with Crippen molar-refractivity contribution in [3.63, 3.8) is 0 Å². The van der Waals surface area contributed by atoms with E-state index >= 15 is 0 Å². The summed E-state index contributed by atoms with van der Waals surface area (Å²) in [5, 5.41) is 11.6. The normalized spacial score (nSPS) is 50.6. The summed E-state index contributed by atoms with van der Waals surface area (Å²) >= 11 is 0. The minimum absolute atomic E-state index is 0.0961. The molecule has 0 aromatic heterocycles. The monoisotopic (exact) mass is 444 g/mol. The Labute approximate surface area is 198 Å². The third-order valence-electron chi connectivity index (χ3n) is 12.5. The highest BCUT2D eigenvalue weighted by Crippen LogP contribution is 2.68. The van der Waals surface area contributed by atoms with E-state index in [-0.39, 0.29) is 6.10 Å². The lowest BCUT2D eigenvalue weighted by Crippen LogP contribution is -2.64. The van der Waals surface area contributed by atoms with Gasteiger partial charge in [0.1, 0.15) is 0 Å². The average molecular weight is 445 g/mol. The molecule has 0 aromatic rings. The van der Waals surface area contributed by atoms with Crippen molar-refractivity contribution in [1.29, 1.82) is 0 Å². The molecule has 0 aromatic carbocycles. The van der Waals surface area contributed by atoms with Crippen LogP contribution in [0.5, 0.6) is 0 Å². The van der Waals surface area contributed by atoms with Crippen LogP contribution in [0.15, 0.2) is 0 Å². The maximum atomic E-state index is 11.6. The smallest absolute Gasteiger partial charge is 0.0728 e. The SMILES string of the molecule is CC(C)C1CN(C2CCC3(C)C(CCC4C3CCC3(C)C4CCC3C(C)N(C)C)C2O)C1. The molecule has 0 radical (unpaired) electrons. The van der Waals surface area contributed by atoms with Crippen molar-refractivity contribution in [2.75, 3.05) is 27.2 Å². The van der Waals surface area contributed by atoms with Gasteiger partial charge >= 0.3 is 0 Å². The fourth-order valence-electron chi connectivity index (χ4n) is 10.1. The van der Waals surface area contributed by atoms with Crippen LogP contribution >= 0.6 is 0 Å². The Hall–Kier alpha value is -0.120. The summed E-state index contributed by atoms with van der Waals surface area (Å²) in [6.07, 6.45) is 10.9. The Kier molecular flexibility index (Phi) is 6.07. The molecule has 5 rings (SSSR count). The molecular weight excluding hydrogens is 392 g/mol. The van der Waals surface area contributed by atoms with Gasteiger partial charge in [0.25, 0.3) is 0 Å². The van der Waals surface area contributed by atoms with Gasteiger partial charge < -0.3 is 10.0 Å². The van der Waals surface area contributed by atoms with Gasteiger partial charge in [-0.2, -0.15) is 0 Å². The Morgan fingerprint density at radius 1 is 0.812 bits per heavy atom. The number of fused-ring (bicyclic) bond motifs is 5. The molecule has 4 aliphatic carbocycles. The summed E-state index contributed by atoms with van der Waals surface area (Å²) in [5.74, 6) is 5.70. The topological polar surface area (TPSA) is 26.7 Å².